The van der Waals surface area contributed by atoms with Crippen molar-refractivity contribution in [3.8, 4) is 0 Å². The highest BCUT2D eigenvalue weighted by Crippen LogP contribution is 2.27. The van der Waals surface area contributed by atoms with Crippen molar-refractivity contribution in [2.75, 3.05) is 35.2 Å². The van der Waals surface area contributed by atoms with Gasteiger partial charge in [0.25, 0.3) is 5.91 Å². The van der Waals surface area contributed by atoms with E-state index in [1.54, 1.807) is 6.20 Å². The van der Waals surface area contributed by atoms with E-state index >= 15 is 0 Å². The van der Waals surface area contributed by atoms with Crippen molar-refractivity contribution in [3.63, 3.8) is 0 Å². The Hall–Kier alpha value is -2.36. The summed E-state index contributed by atoms with van der Waals surface area (Å²) in [5.41, 5.74) is 0.425. The first-order valence-electron chi connectivity index (χ1n) is 11.8. The number of anilines is 3. The van der Waals surface area contributed by atoms with E-state index in [-0.39, 0.29) is 18.1 Å². The lowest BCUT2D eigenvalue weighted by Crippen LogP contribution is -2.37. The minimum atomic E-state index is -0.550. The standard InChI is InChI=1S/C25H38N6O2S/c1-17-10-12-31(13-11-17)22-21(26-15-20(28-22)29-25(5,6)16-32)23(33)27-18-8-7-9-19(14-18)34-30-24(2,3)4/h7-9,14-15,17,30,32H,10-13,16H2,1-6H3,(H,27,33)(H,28,29). The first-order chi connectivity index (χ1) is 16.0. The molecule has 0 spiro atoms. The number of aliphatic hydroxyl groups is 1. The molecule has 1 saturated heterocycles. The summed E-state index contributed by atoms with van der Waals surface area (Å²) in [6.07, 6.45) is 3.65. The molecule has 1 aliphatic rings. The Labute approximate surface area is 207 Å². The van der Waals surface area contributed by atoms with Crippen LogP contribution in [0.4, 0.5) is 17.3 Å². The Bertz CT molecular complexity index is 984. The third-order valence-corrected chi connectivity index (χ3v) is 6.69. The van der Waals surface area contributed by atoms with Crippen LogP contribution >= 0.6 is 11.9 Å². The summed E-state index contributed by atoms with van der Waals surface area (Å²) in [4.78, 5) is 25.7. The van der Waals surface area contributed by atoms with Gasteiger partial charge in [-0.05, 0) is 83.5 Å². The average molecular weight is 487 g/mol. The number of hydrogen-bond acceptors (Lipinski definition) is 8. The molecule has 0 aliphatic carbocycles. The van der Waals surface area contributed by atoms with Crippen molar-refractivity contribution < 1.29 is 9.90 Å². The second-order valence-electron chi connectivity index (χ2n) is 10.7. The van der Waals surface area contributed by atoms with Crippen LogP contribution in [0.5, 0.6) is 0 Å². The molecule has 0 bridgehead atoms. The van der Waals surface area contributed by atoms with E-state index in [4.69, 9.17) is 4.98 Å². The zero-order valence-corrected chi connectivity index (χ0v) is 21.9. The van der Waals surface area contributed by atoms with Crippen molar-refractivity contribution in [1.29, 1.82) is 0 Å². The molecular weight excluding hydrogens is 448 g/mol. The van der Waals surface area contributed by atoms with Gasteiger partial charge in [-0.3, -0.25) is 9.52 Å². The highest BCUT2D eigenvalue weighted by atomic mass is 32.2. The van der Waals surface area contributed by atoms with Crippen LogP contribution in [0.3, 0.4) is 0 Å². The number of nitrogens with one attached hydrogen (secondary N) is 3. The third-order valence-electron chi connectivity index (χ3n) is 5.48. The maximum atomic E-state index is 13.3. The van der Waals surface area contributed by atoms with Crippen LogP contribution in [-0.2, 0) is 0 Å². The van der Waals surface area contributed by atoms with E-state index in [9.17, 15) is 9.90 Å². The Balaban J connectivity index is 1.83. The second kappa shape index (κ2) is 10.9. The number of hydrogen-bond donors (Lipinski definition) is 4. The molecule has 0 saturated carbocycles. The van der Waals surface area contributed by atoms with Crippen LogP contribution in [0.1, 0.15) is 64.9 Å². The van der Waals surface area contributed by atoms with Gasteiger partial charge in [-0.25, -0.2) is 9.97 Å². The maximum absolute atomic E-state index is 13.3. The fraction of sp³-hybridized carbons (Fsp3) is 0.560. The van der Waals surface area contributed by atoms with E-state index in [1.807, 2.05) is 38.1 Å². The number of benzene rings is 1. The zero-order chi connectivity index (χ0) is 24.9. The highest BCUT2D eigenvalue weighted by molar-refractivity contribution is 7.97. The maximum Gasteiger partial charge on any atom is 0.278 e. The molecule has 186 valence electrons. The summed E-state index contributed by atoms with van der Waals surface area (Å²) < 4.78 is 3.39. The molecule has 3 rings (SSSR count). The molecular formula is C25H38N6O2S. The molecule has 1 fully saturated rings. The third kappa shape index (κ3) is 7.58. The van der Waals surface area contributed by atoms with Gasteiger partial charge in [0.15, 0.2) is 11.5 Å². The summed E-state index contributed by atoms with van der Waals surface area (Å²) in [5.74, 6) is 1.47. The summed E-state index contributed by atoms with van der Waals surface area (Å²) >= 11 is 1.53. The van der Waals surface area contributed by atoms with Crippen molar-refractivity contribution >= 4 is 35.2 Å². The SMILES string of the molecule is CC1CCN(c2nc(NC(C)(C)CO)cnc2C(=O)Nc2cccc(SNC(C)(C)C)c2)CC1. The lowest BCUT2D eigenvalue weighted by Gasteiger charge is -2.32. The van der Waals surface area contributed by atoms with E-state index in [1.165, 1.54) is 11.9 Å². The number of carbonyl (C=O) groups excluding carboxylic acids is 1. The molecule has 4 N–H and O–H groups in total. The molecule has 0 radical (unpaired) electrons. The topological polar surface area (TPSA) is 102 Å². The fourth-order valence-electron chi connectivity index (χ4n) is 3.47. The molecule has 0 atom stereocenters. The van der Waals surface area contributed by atoms with Gasteiger partial charge < -0.3 is 20.6 Å². The van der Waals surface area contributed by atoms with Gasteiger partial charge in [0.2, 0.25) is 0 Å². The fourth-order valence-corrected chi connectivity index (χ4v) is 4.22. The predicted octanol–water partition coefficient (Wildman–Crippen LogP) is 4.54. The monoisotopic (exact) mass is 486 g/mol. The van der Waals surface area contributed by atoms with Crippen molar-refractivity contribution in [2.24, 2.45) is 5.92 Å². The van der Waals surface area contributed by atoms with Crippen LogP contribution in [0.15, 0.2) is 35.4 Å². The van der Waals surface area contributed by atoms with Crippen LogP contribution in [0, 0.1) is 5.92 Å². The number of amides is 1. The van der Waals surface area contributed by atoms with Gasteiger partial charge in [-0.15, -0.1) is 0 Å². The first-order valence-corrected chi connectivity index (χ1v) is 12.6. The molecule has 0 unspecified atom stereocenters. The summed E-state index contributed by atoms with van der Waals surface area (Å²) in [5, 5.41) is 15.8. The van der Waals surface area contributed by atoms with Crippen molar-refractivity contribution in [2.45, 2.75) is 70.4 Å². The molecule has 1 aromatic heterocycles. The minimum absolute atomic E-state index is 0.0271. The molecule has 2 heterocycles. The smallest absolute Gasteiger partial charge is 0.278 e. The van der Waals surface area contributed by atoms with Crippen LogP contribution in [-0.4, -0.2) is 51.8 Å². The van der Waals surface area contributed by atoms with Gasteiger partial charge in [0.05, 0.1) is 18.3 Å². The Morgan fingerprint density at radius 3 is 2.56 bits per heavy atom. The van der Waals surface area contributed by atoms with E-state index in [2.05, 4.69) is 52.9 Å². The number of rotatable bonds is 8. The molecule has 2 aromatic rings. The van der Waals surface area contributed by atoms with E-state index in [0.717, 1.165) is 30.8 Å². The Morgan fingerprint density at radius 1 is 1.21 bits per heavy atom. The van der Waals surface area contributed by atoms with Crippen LogP contribution < -0.4 is 20.3 Å². The zero-order valence-electron chi connectivity index (χ0n) is 21.1. The molecule has 1 amide bonds. The Morgan fingerprint density at radius 2 is 1.91 bits per heavy atom. The normalized spacial score (nSPS) is 15.3. The van der Waals surface area contributed by atoms with E-state index in [0.29, 0.717) is 28.9 Å². The van der Waals surface area contributed by atoms with Crippen molar-refractivity contribution in [3.05, 3.63) is 36.2 Å². The number of piperidine rings is 1. The summed E-state index contributed by atoms with van der Waals surface area (Å²) in [6, 6.07) is 7.73. The molecule has 1 aliphatic heterocycles. The lowest BCUT2D eigenvalue weighted by atomic mass is 9.99. The highest BCUT2D eigenvalue weighted by Gasteiger charge is 2.26. The molecule has 34 heavy (non-hydrogen) atoms. The van der Waals surface area contributed by atoms with E-state index < -0.39 is 5.54 Å². The van der Waals surface area contributed by atoms with Gasteiger partial charge in [-0.1, -0.05) is 13.0 Å². The number of aliphatic hydroxyl groups excluding tert-OH is 1. The van der Waals surface area contributed by atoms with Gasteiger partial charge in [0.1, 0.15) is 5.82 Å². The lowest BCUT2D eigenvalue weighted by molar-refractivity contribution is 0.102. The molecule has 9 heteroatoms. The predicted molar refractivity (Wildman–Crippen MR) is 141 cm³/mol. The first kappa shape index (κ1) is 26.2. The van der Waals surface area contributed by atoms with Gasteiger partial charge in [0, 0.05) is 29.2 Å². The number of aromatic nitrogens is 2. The largest absolute Gasteiger partial charge is 0.394 e. The average Bonchev–Trinajstić information content (AvgIpc) is 2.78. The molecule has 8 nitrogen and oxygen atoms in total. The summed E-state index contributed by atoms with van der Waals surface area (Å²) in [6.45, 7) is 13.9. The van der Waals surface area contributed by atoms with Crippen LogP contribution in [0.25, 0.3) is 0 Å². The Kier molecular flexibility index (Phi) is 8.43. The number of nitrogens with zero attached hydrogens (tertiary/aromatic N) is 3. The van der Waals surface area contributed by atoms with Crippen molar-refractivity contribution in [1.82, 2.24) is 14.7 Å². The quantitative estimate of drug-likeness (QED) is 0.403. The minimum Gasteiger partial charge on any atom is -0.394 e. The summed E-state index contributed by atoms with van der Waals surface area (Å²) in [7, 11) is 0. The van der Waals surface area contributed by atoms with Gasteiger partial charge >= 0.3 is 0 Å². The molecule has 1 aromatic carbocycles. The van der Waals surface area contributed by atoms with Crippen LogP contribution in [0.2, 0.25) is 0 Å². The second-order valence-corrected chi connectivity index (χ2v) is 11.6. The van der Waals surface area contributed by atoms with Gasteiger partial charge in [-0.2, -0.15) is 0 Å². The number of carbonyl (C=O) groups is 1.